The molecule has 0 aliphatic heterocycles. The molecule has 1 aromatic rings. The summed E-state index contributed by atoms with van der Waals surface area (Å²) in [4.78, 5) is 8.96. The minimum atomic E-state index is 0.507. The Hall–Kier alpha value is -1.00. The Balaban J connectivity index is 1.89. The van der Waals surface area contributed by atoms with Crippen molar-refractivity contribution in [2.24, 2.45) is 11.8 Å². The molecule has 0 saturated heterocycles. The molecular formula is C15H25N3O. The van der Waals surface area contributed by atoms with Crippen molar-refractivity contribution in [3.63, 3.8) is 0 Å². The average Bonchev–Trinajstić information content (AvgIpc) is 2.39. The van der Waals surface area contributed by atoms with Gasteiger partial charge in [-0.2, -0.15) is 0 Å². The number of aryl methyl sites for hydroxylation is 1. The quantitative estimate of drug-likeness (QED) is 0.852. The number of rotatable bonds is 6. The molecule has 4 heteroatoms. The fraction of sp³-hybridized carbons (Fsp3) is 0.733. The fourth-order valence-electron chi connectivity index (χ4n) is 2.57. The summed E-state index contributed by atoms with van der Waals surface area (Å²) in [6.07, 6.45) is 5.39. The highest BCUT2D eigenvalue weighted by Gasteiger charge is 2.20. The van der Waals surface area contributed by atoms with Crippen molar-refractivity contribution >= 4 is 0 Å². The van der Waals surface area contributed by atoms with Gasteiger partial charge in [-0.25, -0.2) is 9.97 Å². The van der Waals surface area contributed by atoms with E-state index in [1.165, 1.54) is 17.7 Å². The van der Waals surface area contributed by atoms with Crippen LogP contribution in [0.2, 0.25) is 0 Å². The van der Waals surface area contributed by atoms with Crippen molar-refractivity contribution in [3.8, 4) is 0 Å². The summed E-state index contributed by atoms with van der Waals surface area (Å²) in [6, 6.07) is 0. The smallest absolute Gasteiger partial charge is 0.154 e. The number of hydrogen-bond acceptors (Lipinski definition) is 4. The maximum Gasteiger partial charge on any atom is 0.154 e. The summed E-state index contributed by atoms with van der Waals surface area (Å²) < 4.78 is 5.08. The second-order valence-electron chi connectivity index (χ2n) is 5.85. The maximum absolute atomic E-state index is 5.08. The third-order valence-corrected chi connectivity index (χ3v) is 3.56. The van der Waals surface area contributed by atoms with E-state index in [1.54, 1.807) is 7.11 Å². The summed E-state index contributed by atoms with van der Waals surface area (Å²) in [5.41, 5.74) is 2.55. The maximum atomic E-state index is 5.08. The van der Waals surface area contributed by atoms with Crippen LogP contribution in [-0.2, 0) is 24.2 Å². The summed E-state index contributed by atoms with van der Waals surface area (Å²) in [7, 11) is 1.68. The highest BCUT2D eigenvalue weighted by atomic mass is 16.5. The lowest BCUT2D eigenvalue weighted by Gasteiger charge is -2.24. The zero-order chi connectivity index (χ0) is 13.7. The molecule has 0 saturated carbocycles. The molecule has 4 nitrogen and oxygen atoms in total. The van der Waals surface area contributed by atoms with E-state index >= 15 is 0 Å². The molecular weight excluding hydrogens is 238 g/mol. The number of nitrogens with zero attached hydrogens (tertiary/aromatic N) is 2. The molecule has 0 aromatic carbocycles. The first kappa shape index (κ1) is 14.4. The predicted molar refractivity (Wildman–Crippen MR) is 76.0 cm³/mol. The molecule has 1 aliphatic rings. The first-order valence-corrected chi connectivity index (χ1v) is 7.22. The Labute approximate surface area is 116 Å². The molecule has 1 heterocycles. The molecule has 1 unspecified atom stereocenters. The zero-order valence-electron chi connectivity index (χ0n) is 12.3. The molecule has 0 bridgehead atoms. The summed E-state index contributed by atoms with van der Waals surface area (Å²) in [6.45, 7) is 7.21. The van der Waals surface area contributed by atoms with E-state index in [9.17, 15) is 0 Å². The molecule has 1 N–H and O–H groups in total. The van der Waals surface area contributed by atoms with Gasteiger partial charge < -0.3 is 10.1 Å². The van der Waals surface area contributed by atoms with E-state index in [4.69, 9.17) is 4.74 Å². The van der Waals surface area contributed by atoms with Gasteiger partial charge in [0.05, 0.1) is 0 Å². The van der Waals surface area contributed by atoms with E-state index in [0.717, 1.165) is 43.6 Å². The average molecular weight is 263 g/mol. The van der Waals surface area contributed by atoms with Crippen molar-refractivity contribution in [2.45, 2.75) is 39.7 Å². The van der Waals surface area contributed by atoms with Crippen molar-refractivity contribution in [3.05, 3.63) is 23.3 Å². The minimum Gasteiger partial charge on any atom is -0.377 e. The number of methoxy groups -OCH3 is 1. The summed E-state index contributed by atoms with van der Waals surface area (Å²) >= 11 is 0. The first-order chi connectivity index (χ1) is 9.19. The van der Waals surface area contributed by atoms with E-state index in [-0.39, 0.29) is 0 Å². The highest BCUT2D eigenvalue weighted by molar-refractivity contribution is 5.21. The van der Waals surface area contributed by atoms with Crippen molar-refractivity contribution in [1.82, 2.24) is 15.3 Å². The Morgan fingerprint density at radius 3 is 3.05 bits per heavy atom. The predicted octanol–water partition coefficient (Wildman–Crippen LogP) is 1.97. The van der Waals surface area contributed by atoms with Gasteiger partial charge >= 0.3 is 0 Å². The zero-order valence-corrected chi connectivity index (χ0v) is 12.3. The van der Waals surface area contributed by atoms with Crippen LogP contribution in [0.5, 0.6) is 0 Å². The van der Waals surface area contributed by atoms with Gasteiger partial charge in [0.2, 0.25) is 0 Å². The number of aromatic nitrogens is 2. The van der Waals surface area contributed by atoms with Gasteiger partial charge in [0, 0.05) is 19.0 Å². The lowest BCUT2D eigenvalue weighted by molar-refractivity contribution is 0.177. The Morgan fingerprint density at radius 2 is 2.32 bits per heavy atom. The van der Waals surface area contributed by atoms with Crippen LogP contribution in [0.15, 0.2) is 6.20 Å². The molecule has 0 amide bonds. The van der Waals surface area contributed by atoms with E-state index in [2.05, 4.69) is 29.1 Å². The van der Waals surface area contributed by atoms with Gasteiger partial charge in [0.15, 0.2) is 5.82 Å². The van der Waals surface area contributed by atoms with Crippen LogP contribution in [0, 0.1) is 11.8 Å². The molecule has 0 spiro atoms. The van der Waals surface area contributed by atoms with Crippen LogP contribution in [0.25, 0.3) is 0 Å². The minimum absolute atomic E-state index is 0.507. The molecule has 1 atom stereocenters. The Kier molecular flexibility index (Phi) is 5.28. The van der Waals surface area contributed by atoms with Crippen LogP contribution in [0.3, 0.4) is 0 Å². The number of ether oxygens (including phenoxy) is 1. The van der Waals surface area contributed by atoms with E-state index in [0.29, 0.717) is 6.61 Å². The van der Waals surface area contributed by atoms with Gasteiger partial charge in [0.1, 0.15) is 6.61 Å². The molecule has 0 radical (unpaired) electrons. The number of fused-ring (bicyclic) bond motifs is 1. The van der Waals surface area contributed by atoms with Crippen LogP contribution < -0.4 is 5.32 Å². The van der Waals surface area contributed by atoms with E-state index < -0.39 is 0 Å². The molecule has 2 rings (SSSR count). The largest absolute Gasteiger partial charge is 0.377 e. The van der Waals surface area contributed by atoms with Gasteiger partial charge in [-0.15, -0.1) is 0 Å². The molecule has 1 aliphatic carbocycles. The lowest BCUT2D eigenvalue weighted by Crippen LogP contribution is -2.30. The van der Waals surface area contributed by atoms with Crippen LogP contribution in [0.1, 0.15) is 37.4 Å². The Morgan fingerprint density at radius 1 is 1.47 bits per heavy atom. The normalized spacial score (nSPS) is 18.6. The standard InChI is InChI=1S/C15H25N3O/c1-11(2)7-16-8-12-4-5-14-13(6-12)9-17-15(18-14)10-19-3/h9,11-12,16H,4-8,10H2,1-3H3. The van der Waals surface area contributed by atoms with Gasteiger partial charge in [-0.3, -0.25) is 0 Å². The van der Waals surface area contributed by atoms with Crippen molar-refractivity contribution in [1.29, 1.82) is 0 Å². The molecule has 19 heavy (non-hydrogen) atoms. The van der Waals surface area contributed by atoms with Crippen LogP contribution in [-0.4, -0.2) is 30.2 Å². The molecule has 106 valence electrons. The van der Waals surface area contributed by atoms with Crippen molar-refractivity contribution < 1.29 is 4.74 Å². The summed E-state index contributed by atoms with van der Waals surface area (Å²) in [5, 5.41) is 3.56. The SMILES string of the molecule is COCc1ncc2c(n1)CCC(CNCC(C)C)C2. The van der Waals surface area contributed by atoms with Gasteiger partial charge in [0.25, 0.3) is 0 Å². The van der Waals surface area contributed by atoms with E-state index in [1.807, 2.05) is 6.20 Å². The van der Waals surface area contributed by atoms with Crippen LogP contribution in [0.4, 0.5) is 0 Å². The second kappa shape index (κ2) is 6.96. The van der Waals surface area contributed by atoms with Crippen molar-refractivity contribution in [2.75, 3.05) is 20.2 Å². The number of hydrogen-bond donors (Lipinski definition) is 1. The summed E-state index contributed by atoms with van der Waals surface area (Å²) in [5.74, 6) is 2.25. The highest BCUT2D eigenvalue weighted by Crippen LogP contribution is 2.23. The van der Waals surface area contributed by atoms with Gasteiger partial charge in [-0.05, 0) is 49.8 Å². The van der Waals surface area contributed by atoms with Gasteiger partial charge in [-0.1, -0.05) is 13.8 Å². The fourth-order valence-corrected chi connectivity index (χ4v) is 2.57. The second-order valence-corrected chi connectivity index (χ2v) is 5.85. The molecule has 0 fully saturated rings. The molecule has 1 aromatic heterocycles. The first-order valence-electron chi connectivity index (χ1n) is 7.22. The van der Waals surface area contributed by atoms with Crippen LogP contribution >= 0.6 is 0 Å². The number of nitrogens with one attached hydrogen (secondary N) is 1. The third kappa shape index (κ3) is 4.25. The monoisotopic (exact) mass is 263 g/mol. The Bertz CT molecular complexity index is 406. The topological polar surface area (TPSA) is 47.0 Å². The lowest BCUT2D eigenvalue weighted by atomic mass is 9.87. The third-order valence-electron chi connectivity index (χ3n) is 3.56.